The summed E-state index contributed by atoms with van der Waals surface area (Å²) in [6.07, 6.45) is 8.71. The average molecular weight is 354 g/mol. The Balaban J connectivity index is 2.55. The normalized spacial score (nSPS) is 12.3. The highest BCUT2D eigenvalue weighted by atomic mass is 16.5. The second-order valence-electron chi connectivity index (χ2n) is 6.91. The maximum absolute atomic E-state index is 6.05. The molecular formula is C24H35NO. The standard InChI is InChI=1S/C24H35NO/c1-6-12-20-16-22(24-18(8-3)14-11-15-19(24)9-4)25-17-21(20)23(13-7-2)26-10-5/h11,14-17,23H,6-10,12-13H2,1-5H3. The van der Waals surface area contributed by atoms with Crippen molar-refractivity contribution in [1.29, 1.82) is 0 Å². The molecule has 1 heterocycles. The SMILES string of the molecule is CCCc1cc(-c2c(CC)cccc2CC)ncc1C(CCC)OCC. The van der Waals surface area contributed by atoms with Crippen molar-refractivity contribution in [2.75, 3.05) is 6.61 Å². The summed E-state index contributed by atoms with van der Waals surface area (Å²) in [5, 5.41) is 0. The molecule has 26 heavy (non-hydrogen) atoms. The molecule has 0 aliphatic carbocycles. The molecular weight excluding hydrogens is 318 g/mol. The molecule has 0 bridgehead atoms. The Morgan fingerprint density at radius 2 is 1.62 bits per heavy atom. The Bertz CT molecular complexity index is 664. The number of aryl methyl sites for hydroxylation is 3. The third-order valence-electron chi connectivity index (χ3n) is 5.06. The van der Waals surface area contributed by atoms with E-state index < -0.39 is 0 Å². The minimum atomic E-state index is 0.167. The first-order chi connectivity index (χ1) is 12.7. The minimum absolute atomic E-state index is 0.167. The van der Waals surface area contributed by atoms with Crippen molar-refractivity contribution in [2.24, 2.45) is 0 Å². The highest BCUT2D eigenvalue weighted by molar-refractivity contribution is 5.69. The zero-order chi connectivity index (χ0) is 18.9. The third kappa shape index (κ3) is 4.73. The second-order valence-corrected chi connectivity index (χ2v) is 6.91. The van der Waals surface area contributed by atoms with Gasteiger partial charge < -0.3 is 4.74 Å². The lowest BCUT2D eigenvalue weighted by Gasteiger charge is -2.21. The molecule has 2 heteroatoms. The van der Waals surface area contributed by atoms with Crippen LogP contribution in [0.1, 0.15) is 82.2 Å². The van der Waals surface area contributed by atoms with Crippen LogP contribution in [0.2, 0.25) is 0 Å². The topological polar surface area (TPSA) is 22.1 Å². The van der Waals surface area contributed by atoms with Gasteiger partial charge in [0.1, 0.15) is 0 Å². The van der Waals surface area contributed by atoms with Crippen molar-refractivity contribution < 1.29 is 4.74 Å². The van der Waals surface area contributed by atoms with Crippen LogP contribution in [-0.4, -0.2) is 11.6 Å². The third-order valence-corrected chi connectivity index (χ3v) is 5.06. The van der Waals surface area contributed by atoms with Crippen molar-refractivity contribution in [2.45, 2.75) is 79.2 Å². The number of hydrogen-bond donors (Lipinski definition) is 0. The number of pyridine rings is 1. The Kier molecular flexibility index (Phi) is 8.31. The average Bonchev–Trinajstić information content (AvgIpc) is 2.67. The fourth-order valence-corrected chi connectivity index (χ4v) is 3.78. The molecule has 2 rings (SSSR count). The number of hydrogen-bond acceptors (Lipinski definition) is 2. The summed E-state index contributed by atoms with van der Waals surface area (Å²) in [6, 6.07) is 8.98. The van der Waals surface area contributed by atoms with Gasteiger partial charge in [0, 0.05) is 23.9 Å². The smallest absolute Gasteiger partial charge is 0.0842 e. The predicted octanol–water partition coefficient (Wildman–Crippen LogP) is 6.70. The van der Waals surface area contributed by atoms with Crippen LogP contribution in [0.25, 0.3) is 11.3 Å². The summed E-state index contributed by atoms with van der Waals surface area (Å²) in [4.78, 5) is 4.91. The minimum Gasteiger partial charge on any atom is -0.374 e. The molecule has 0 fully saturated rings. The van der Waals surface area contributed by atoms with E-state index >= 15 is 0 Å². The van der Waals surface area contributed by atoms with Gasteiger partial charge in [0.25, 0.3) is 0 Å². The van der Waals surface area contributed by atoms with Crippen LogP contribution in [0.5, 0.6) is 0 Å². The van der Waals surface area contributed by atoms with Crippen molar-refractivity contribution in [3.05, 3.63) is 52.7 Å². The van der Waals surface area contributed by atoms with E-state index in [1.165, 1.54) is 27.8 Å². The van der Waals surface area contributed by atoms with Gasteiger partial charge in [-0.2, -0.15) is 0 Å². The van der Waals surface area contributed by atoms with Crippen molar-refractivity contribution >= 4 is 0 Å². The van der Waals surface area contributed by atoms with Gasteiger partial charge in [-0.1, -0.05) is 58.7 Å². The van der Waals surface area contributed by atoms with Crippen LogP contribution in [0.3, 0.4) is 0 Å². The summed E-state index contributed by atoms with van der Waals surface area (Å²) in [7, 11) is 0. The van der Waals surface area contributed by atoms with Crippen LogP contribution in [-0.2, 0) is 24.0 Å². The van der Waals surface area contributed by atoms with E-state index in [2.05, 4.69) is 65.1 Å². The summed E-state index contributed by atoms with van der Waals surface area (Å²) >= 11 is 0. The quantitative estimate of drug-likeness (QED) is 0.474. The molecule has 2 aromatic rings. The molecule has 0 N–H and O–H groups in total. The highest BCUT2D eigenvalue weighted by Crippen LogP contribution is 2.32. The zero-order valence-corrected chi connectivity index (χ0v) is 17.3. The molecule has 1 aromatic heterocycles. The first kappa shape index (κ1) is 20.6. The van der Waals surface area contributed by atoms with E-state index in [9.17, 15) is 0 Å². The van der Waals surface area contributed by atoms with E-state index in [1.54, 1.807) is 0 Å². The Labute approximate surface area is 160 Å². The molecule has 0 aliphatic heterocycles. The molecule has 1 aromatic carbocycles. The van der Waals surface area contributed by atoms with Crippen LogP contribution in [0, 0.1) is 0 Å². The molecule has 0 radical (unpaired) electrons. The van der Waals surface area contributed by atoms with E-state index in [0.717, 1.165) is 50.8 Å². The van der Waals surface area contributed by atoms with E-state index in [-0.39, 0.29) is 6.10 Å². The summed E-state index contributed by atoms with van der Waals surface area (Å²) in [6.45, 7) is 11.7. The van der Waals surface area contributed by atoms with Gasteiger partial charge in [-0.05, 0) is 55.4 Å². The molecule has 0 spiro atoms. The number of aromatic nitrogens is 1. The van der Waals surface area contributed by atoms with Crippen molar-refractivity contribution in [3.8, 4) is 11.3 Å². The lowest BCUT2D eigenvalue weighted by atomic mass is 9.91. The van der Waals surface area contributed by atoms with Crippen molar-refractivity contribution in [3.63, 3.8) is 0 Å². The van der Waals surface area contributed by atoms with Gasteiger partial charge in [0.15, 0.2) is 0 Å². The molecule has 0 aliphatic rings. The molecule has 0 saturated carbocycles. The van der Waals surface area contributed by atoms with E-state index in [1.807, 2.05) is 0 Å². The van der Waals surface area contributed by atoms with Crippen molar-refractivity contribution in [1.82, 2.24) is 4.98 Å². The monoisotopic (exact) mass is 353 g/mol. The van der Waals surface area contributed by atoms with Crippen LogP contribution in [0.4, 0.5) is 0 Å². The van der Waals surface area contributed by atoms with Gasteiger partial charge >= 0.3 is 0 Å². The number of nitrogens with zero attached hydrogens (tertiary/aromatic N) is 1. The largest absolute Gasteiger partial charge is 0.374 e. The highest BCUT2D eigenvalue weighted by Gasteiger charge is 2.18. The maximum atomic E-state index is 6.05. The first-order valence-corrected chi connectivity index (χ1v) is 10.4. The molecule has 0 saturated heterocycles. The van der Waals surface area contributed by atoms with E-state index in [4.69, 9.17) is 9.72 Å². The first-order valence-electron chi connectivity index (χ1n) is 10.4. The number of rotatable bonds is 10. The van der Waals surface area contributed by atoms with Gasteiger partial charge in [-0.25, -0.2) is 0 Å². The maximum Gasteiger partial charge on any atom is 0.0842 e. The zero-order valence-electron chi connectivity index (χ0n) is 17.3. The summed E-state index contributed by atoms with van der Waals surface area (Å²) in [5.41, 5.74) is 7.93. The lowest BCUT2D eigenvalue weighted by molar-refractivity contribution is 0.0548. The van der Waals surface area contributed by atoms with Gasteiger partial charge in [-0.15, -0.1) is 0 Å². The van der Waals surface area contributed by atoms with Gasteiger partial charge in [0.05, 0.1) is 11.8 Å². The fraction of sp³-hybridized carbons (Fsp3) is 0.542. The molecule has 2 nitrogen and oxygen atoms in total. The Morgan fingerprint density at radius 1 is 0.923 bits per heavy atom. The Morgan fingerprint density at radius 3 is 2.15 bits per heavy atom. The predicted molar refractivity (Wildman–Crippen MR) is 112 cm³/mol. The molecule has 0 amide bonds. The molecule has 1 unspecified atom stereocenters. The lowest BCUT2D eigenvalue weighted by Crippen LogP contribution is -2.09. The fourth-order valence-electron chi connectivity index (χ4n) is 3.78. The molecule has 1 atom stereocenters. The second kappa shape index (κ2) is 10.5. The Hall–Kier alpha value is -1.67. The van der Waals surface area contributed by atoms with Crippen LogP contribution in [0.15, 0.2) is 30.5 Å². The summed E-state index contributed by atoms with van der Waals surface area (Å²) < 4.78 is 6.05. The van der Waals surface area contributed by atoms with Gasteiger partial charge in [0.2, 0.25) is 0 Å². The number of benzene rings is 1. The van der Waals surface area contributed by atoms with E-state index in [0.29, 0.717) is 0 Å². The summed E-state index contributed by atoms with van der Waals surface area (Å²) in [5.74, 6) is 0. The number of ether oxygens (including phenoxy) is 1. The van der Waals surface area contributed by atoms with Gasteiger partial charge in [-0.3, -0.25) is 4.98 Å². The molecule has 142 valence electrons. The van der Waals surface area contributed by atoms with Crippen LogP contribution >= 0.6 is 0 Å². The van der Waals surface area contributed by atoms with Crippen LogP contribution < -0.4 is 0 Å².